The molecule has 0 aliphatic heterocycles. The van der Waals surface area contributed by atoms with E-state index in [4.69, 9.17) is 0 Å². The Morgan fingerprint density at radius 2 is 2.26 bits per heavy atom. The van der Waals surface area contributed by atoms with Crippen molar-refractivity contribution in [3.05, 3.63) is 18.2 Å². The second-order valence-electron chi connectivity index (χ2n) is 6.02. The standard InChI is InChI=1S/C15H28N4/c1-5-16-13-7-6-12(2)10-14(13)19(4)11-15-17-8-9-18(15)3/h8-9,12-14,16H,5-7,10-11H2,1-4H3. The van der Waals surface area contributed by atoms with Crippen LogP contribution in [0.15, 0.2) is 12.4 Å². The van der Waals surface area contributed by atoms with Crippen LogP contribution in [0.2, 0.25) is 0 Å². The maximum Gasteiger partial charge on any atom is 0.122 e. The van der Waals surface area contributed by atoms with Crippen LogP contribution in [-0.4, -0.2) is 40.1 Å². The van der Waals surface area contributed by atoms with E-state index in [2.05, 4.69) is 47.7 Å². The minimum Gasteiger partial charge on any atom is -0.337 e. The van der Waals surface area contributed by atoms with E-state index in [9.17, 15) is 0 Å². The molecule has 2 rings (SSSR count). The topological polar surface area (TPSA) is 33.1 Å². The van der Waals surface area contributed by atoms with Gasteiger partial charge in [-0.2, -0.15) is 0 Å². The summed E-state index contributed by atoms with van der Waals surface area (Å²) in [6.07, 6.45) is 7.84. The van der Waals surface area contributed by atoms with Crippen molar-refractivity contribution in [1.82, 2.24) is 19.8 Å². The molecule has 1 aromatic rings. The molecule has 1 heterocycles. The Morgan fingerprint density at radius 3 is 2.89 bits per heavy atom. The highest BCUT2D eigenvalue weighted by Crippen LogP contribution is 2.27. The van der Waals surface area contributed by atoms with Crippen LogP contribution >= 0.6 is 0 Å². The van der Waals surface area contributed by atoms with Gasteiger partial charge in [0.2, 0.25) is 0 Å². The largest absolute Gasteiger partial charge is 0.337 e. The number of rotatable bonds is 5. The van der Waals surface area contributed by atoms with Crippen molar-refractivity contribution in [3.63, 3.8) is 0 Å². The number of imidazole rings is 1. The van der Waals surface area contributed by atoms with Crippen LogP contribution < -0.4 is 5.32 Å². The Balaban J connectivity index is 2.01. The molecule has 1 fully saturated rings. The molecule has 1 N–H and O–H groups in total. The van der Waals surface area contributed by atoms with Gasteiger partial charge in [-0.05, 0) is 38.8 Å². The summed E-state index contributed by atoms with van der Waals surface area (Å²) >= 11 is 0. The van der Waals surface area contributed by atoms with Crippen LogP contribution in [0.4, 0.5) is 0 Å². The first-order valence-electron chi connectivity index (χ1n) is 7.51. The Kier molecular flexibility index (Phi) is 4.99. The number of hydrogen-bond acceptors (Lipinski definition) is 3. The van der Waals surface area contributed by atoms with E-state index in [1.165, 1.54) is 19.3 Å². The van der Waals surface area contributed by atoms with E-state index in [-0.39, 0.29) is 0 Å². The fourth-order valence-corrected chi connectivity index (χ4v) is 3.23. The highest BCUT2D eigenvalue weighted by Gasteiger charge is 2.31. The molecule has 1 saturated carbocycles. The Hall–Kier alpha value is -0.870. The molecular weight excluding hydrogens is 236 g/mol. The molecule has 19 heavy (non-hydrogen) atoms. The molecule has 4 nitrogen and oxygen atoms in total. The number of aryl methyl sites for hydroxylation is 1. The van der Waals surface area contributed by atoms with E-state index in [0.29, 0.717) is 12.1 Å². The van der Waals surface area contributed by atoms with Crippen molar-refractivity contribution in [1.29, 1.82) is 0 Å². The second-order valence-corrected chi connectivity index (χ2v) is 6.02. The number of nitrogens with zero attached hydrogens (tertiary/aromatic N) is 3. The molecule has 1 aromatic heterocycles. The smallest absolute Gasteiger partial charge is 0.122 e. The van der Waals surface area contributed by atoms with Gasteiger partial charge in [0.1, 0.15) is 5.82 Å². The zero-order valence-corrected chi connectivity index (χ0v) is 12.8. The second kappa shape index (κ2) is 6.53. The van der Waals surface area contributed by atoms with Gasteiger partial charge in [-0.25, -0.2) is 4.98 Å². The van der Waals surface area contributed by atoms with Crippen molar-refractivity contribution in [2.24, 2.45) is 13.0 Å². The van der Waals surface area contributed by atoms with Crippen LogP contribution in [0.5, 0.6) is 0 Å². The van der Waals surface area contributed by atoms with Crippen molar-refractivity contribution >= 4 is 0 Å². The molecule has 0 bridgehead atoms. The molecule has 1 aliphatic rings. The first kappa shape index (κ1) is 14.5. The Morgan fingerprint density at radius 1 is 1.47 bits per heavy atom. The van der Waals surface area contributed by atoms with Gasteiger partial charge < -0.3 is 9.88 Å². The van der Waals surface area contributed by atoms with Gasteiger partial charge in [-0.3, -0.25) is 4.90 Å². The van der Waals surface area contributed by atoms with E-state index >= 15 is 0 Å². The van der Waals surface area contributed by atoms with E-state index in [1.54, 1.807) is 0 Å². The minimum absolute atomic E-state index is 0.625. The lowest BCUT2D eigenvalue weighted by atomic mass is 9.82. The zero-order chi connectivity index (χ0) is 13.8. The Labute approximate surface area is 117 Å². The predicted octanol–water partition coefficient (Wildman–Crippen LogP) is 2.02. The summed E-state index contributed by atoms with van der Waals surface area (Å²) in [6, 6.07) is 1.26. The first-order chi connectivity index (χ1) is 9.11. The van der Waals surface area contributed by atoms with Crippen molar-refractivity contribution < 1.29 is 0 Å². The van der Waals surface area contributed by atoms with Gasteiger partial charge in [-0.1, -0.05) is 13.8 Å². The van der Waals surface area contributed by atoms with Gasteiger partial charge in [0.05, 0.1) is 6.54 Å². The number of likely N-dealkylation sites (N-methyl/N-ethyl adjacent to an activating group) is 2. The predicted molar refractivity (Wildman–Crippen MR) is 78.9 cm³/mol. The SMILES string of the molecule is CCNC1CCC(C)CC1N(C)Cc1nccn1C. The normalized spacial score (nSPS) is 27.9. The molecule has 0 radical (unpaired) electrons. The lowest BCUT2D eigenvalue weighted by Gasteiger charge is -2.40. The number of nitrogens with one attached hydrogen (secondary N) is 1. The van der Waals surface area contributed by atoms with E-state index in [1.807, 2.05) is 12.4 Å². The maximum absolute atomic E-state index is 4.44. The summed E-state index contributed by atoms with van der Waals surface area (Å²) < 4.78 is 2.12. The van der Waals surface area contributed by atoms with Gasteiger partial charge in [-0.15, -0.1) is 0 Å². The average Bonchev–Trinajstić information content (AvgIpc) is 2.77. The van der Waals surface area contributed by atoms with E-state index < -0.39 is 0 Å². The summed E-state index contributed by atoms with van der Waals surface area (Å²) in [4.78, 5) is 6.92. The lowest BCUT2D eigenvalue weighted by Crippen LogP contribution is -2.51. The van der Waals surface area contributed by atoms with Crippen molar-refractivity contribution in [2.45, 2.75) is 51.7 Å². The monoisotopic (exact) mass is 264 g/mol. The molecule has 0 saturated heterocycles. The third kappa shape index (κ3) is 3.57. The molecule has 3 unspecified atom stereocenters. The third-order valence-electron chi connectivity index (χ3n) is 4.42. The van der Waals surface area contributed by atoms with E-state index in [0.717, 1.165) is 24.8 Å². The zero-order valence-electron chi connectivity index (χ0n) is 12.8. The molecule has 108 valence electrons. The lowest BCUT2D eigenvalue weighted by molar-refractivity contribution is 0.117. The molecule has 3 atom stereocenters. The quantitative estimate of drug-likeness (QED) is 0.883. The summed E-state index contributed by atoms with van der Waals surface area (Å²) in [5.41, 5.74) is 0. The minimum atomic E-state index is 0.625. The van der Waals surface area contributed by atoms with Crippen LogP contribution in [0.3, 0.4) is 0 Å². The summed E-state index contributed by atoms with van der Waals surface area (Å²) in [6.45, 7) is 6.58. The highest BCUT2D eigenvalue weighted by atomic mass is 15.2. The summed E-state index contributed by atoms with van der Waals surface area (Å²) in [7, 11) is 4.31. The molecule has 0 spiro atoms. The summed E-state index contributed by atoms with van der Waals surface area (Å²) in [5.74, 6) is 1.99. The van der Waals surface area contributed by atoms with Crippen LogP contribution in [0.1, 0.15) is 38.9 Å². The van der Waals surface area contributed by atoms with Gasteiger partial charge in [0, 0.05) is 31.5 Å². The van der Waals surface area contributed by atoms with Gasteiger partial charge >= 0.3 is 0 Å². The molecule has 1 aliphatic carbocycles. The van der Waals surface area contributed by atoms with Gasteiger partial charge in [0.25, 0.3) is 0 Å². The third-order valence-corrected chi connectivity index (χ3v) is 4.42. The number of hydrogen-bond donors (Lipinski definition) is 1. The maximum atomic E-state index is 4.44. The first-order valence-corrected chi connectivity index (χ1v) is 7.51. The van der Waals surface area contributed by atoms with Crippen molar-refractivity contribution in [2.75, 3.05) is 13.6 Å². The fourth-order valence-electron chi connectivity index (χ4n) is 3.23. The average molecular weight is 264 g/mol. The van der Waals surface area contributed by atoms with Crippen LogP contribution in [0.25, 0.3) is 0 Å². The van der Waals surface area contributed by atoms with Crippen LogP contribution in [0, 0.1) is 5.92 Å². The molecule has 4 heteroatoms. The molecule has 0 amide bonds. The fraction of sp³-hybridized carbons (Fsp3) is 0.800. The molecule has 0 aromatic carbocycles. The molecular formula is C15H28N4. The van der Waals surface area contributed by atoms with Crippen LogP contribution in [-0.2, 0) is 13.6 Å². The Bertz CT molecular complexity index is 387. The number of aromatic nitrogens is 2. The highest BCUT2D eigenvalue weighted by molar-refractivity contribution is 4.95. The van der Waals surface area contributed by atoms with Crippen molar-refractivity contribution in [3.8, 4) is 0 Å². The summed E-state index contributed by atoms with van der Waals surface area (Å²) in [5, 5.41) is 3.66. The van der Waals surface area contributed by atoms with Gasteiger partial charge in [0.15, 0.2) is 0 Å².